The zero-order valence-corrected chi connectivity index (χ0v) is 12.1. The standard InChI is InChI=1S/C16H32N2/c1-4-13-18(14-5-1)15-7-12-17-11-6-10-16-8-2-3-9-16/h16-17H,1-15H2. The summed E-state index contributed by atoms with van der Waals surface area (Å²) in [5, 5.41) is 3.62. The third-order valence-corrected chi connectivity index (χ3v) is 4.72. The van der Waals surface area contributed by atoms with Gasteiger partial charge in [0, 0.05) is 0 Å². The van der Waals surface area contributed by atoms with Crippen molar-refractivity contribution in [2.75, 3.05) is 32.7 Å². The molecule has 1 heterocycles. The minimum absolute atomic E-state index is 1.07. The van der Waals surface area contributed by atoms with Crippen molar-refractivity contribution in [3.8, 4) is 0 Å². The largest absolute Gasteiger partial charge is 0.317 e. The summed E-state index contributed by atoms with van der Waals surface area (Å²) in [4.78, 5) is 2.64. The highest BCUT2D eigenvalue weighted by Crippen LogP contribution is 2.28. The Morgan fingerprint density at radius 2 is 1.56 bits per heavy atom. The molecule has 2 nitrogen and oxygen atoms in total. The molecule has 1 N–H and O–H groups in total. The van der Waals surface area contributed by atoms with E-state index in [0.29, 0.717) is 0 Å². The fraction of sp³-hybridized carbons (Fsp3) is 1.00. The SMILES string of the molecule is C1CCN(CCCNCCCC2CCCC2)CC1. The maximum atomic E-state index is 3.62. The van der Waals surface area contributed by atoms with E-state index in [2.05, 4.69) is 10.2 Å². The highest BCUT2D eigenvalue weighted by atomic mass is 15.1. The summed E-state index contributed by atoms with van der Waals surface area (Å²) in [5.74, 6) is 1.07. The molecule has 2 rings (SSSR count). The molecular formula is C16H32N2. The van der Waals surface area contributed by atoms with Crippen LogP contribution in [0.5, 0.6) is 0 Å². The van der Waals surface area contributed by atoms with Gasteiger partial charge in [0.05, 0.1) is 0 Å². The van der Waals surface area contributed by atoms with Crippen molar-refractivity contribution in [2.24, 2.45) is 5.92 Å². The van der Waals surface area contributed by atoms with E-state index in [-0.39, 0.29) is 0 Å². The smallest absolute Gasteiger partial charge is 0.000664 e. The quantitative estimate of drug-likeness (QED) is 0.666. The van der Waals surface area contributed by atoms with E-state index in [4.69, 9.17) is 0 Å². The van der Waals surface area contributed by atoms with E-state index < -0.39 is 0 Å². The van der Waals surface area contributed by atoms with Gasteiger partial charge in [0.25, 0.3) is 0 Å². The van der Waals surface area contributed by atoms with Crippen molar-refractivity contribution in [1.29, 1.82) is 0 Å². The molecule has 0 aromatic rings. The molecule has 1 aliphatic heterocycles. The summed E-state index contributed by atoms with van der Waals surface area (Å²) in [7, 11) is 0. The minimum atomic E-state index is 1.07. The Morgan fingerprint density at radius 3 is 2.33 bits per heavy atom. The van der Waals surface area contributed by atoms with Gasteiger partial charge in [-0.2, -0.15) is 0 Å². The average molecular weight is 252 g/mol. The fourth-order valence-electron chi connectivity index (χ4n) is 3.55. The van der Waals surface area contributed by atoms with E-state index in [9.17, 15) is 0 Å². The Bertz CT molecular complexity index is 193. The number of nitrogens with one attached hydrogen (secondary N) is 1. The van der Waals surface area contributed by atoms with E-state index in [0.717, 1.165) is 5.92 Å². The maximum absolute atomic E-state index is 3.62. The molecule has 0 atom stereocenters. The zero-order chi connectivity index (χ0) is 12.5. The average Bonchev–Trinajstić information content (AvgIpc) is 2.92. The molecule has 1 saturated heterocycles. The van der Waals surface area contributed by atoms with Crippen molar-refractivity contribution in [3.63, 3.8) is 0 Å². The fourth-order valence-corrected chi connectivity index (χ4v) is 3.55. The van der Waals surface area contributed by atoms with Gasteiger partial charge < -0.3 is 10.2 Å². The van der Waals surface area contributed by atoms with Gasteiger partial charge in [0.15, 0.2) is 0 Å². The molecule has 0 spiro atoms. The van der Waals surface area contributed by atoms with Crippen LogP contribution in [0.15, 0.2) is 0 Å². The molecule has 2 heteroatoms. The molecule has 2 aliphatic rings. The Labute approximate surface area is 114 Å². The second-order valence-electron chi connectivity index (χ2n) is 6.30. The Hall–Kier alpha value is -0.0800. The predicted octanol–water partition coefficient (Wildman–Crippen LogP) is 3.42. The molecule has 0 bridgehead atoms. The number of piperidine rings is 1. The van der Waals surface area contributed by atoms with Crippen LogP contribution in [0.25, 0.3) is 0 Å². The summed E-state index contributed by atoms with van der Waals surface area (Å²) in [6, 6.07) is 0. The summed E-state index contributed by atoms with van der Waals surface area (Å²) in [6.45, 7) is 6.48. The van der Waals surface area contributed by atoms with Crippen LogP contribution in [0.3, 0.4) is 0 Å². The molecule has 2 fully saturated rings. The van der Waals surface area contributed by atoms with E-state index in [1.54, 1.807) is 0 Å². The molecule has 1 saturated carbocycles. The first-order valence-corrected chi connectivity index (χ1v) is 8.38. The molecule has 106 valence electrons. The van der Waals surface area contributed by atoms with E-state index in [1.165, 1.54) is 96.9 Å². The van der Waals surface area contributed by atoms with Crippen LogP contribution >= 0.6 is 0 Å². The Kier molecular flexibility index (Phi) is 7.11. The number of likely N-dealkylation sites (tertiary alicyclic amines) is 1. The zero-order valence-electron chi connectivity index (χ0n) is 12.1. The molecule has 0 amide bonds. The highest BCUT2D eigenvalue weighted by Gasteiger charge is 2.13. The van der Waals surface area contributed by atoms with E-state index >= 15 is 0 Å². The Balaban J connectivity index is 1.35. The van der Waals surface area contributed by atoms with Crippen molar-refractivity contribution in [3.05, 3.63) is 0 Å². The second kappa shape index (κ2) is 8.92. The third kappa shape index (κ3) is 5.71. The van der Waals surface area contributed by atoms with Gasteiger partial charge in [-0.15, -0.1) is 0 Å². The number of hydrogen-bond donors (Lipinski definition) is 1. The van der Waals surface area contributed by atoms with Gasteiger partial charge >= 0.3 is 0 Å². The van der Waals surface area contributed by atoms with Gasteiger partial charge in [-0.25, -0.2) is 0 Å². The van der Waals surface area contributed by atoms with E-state index in [1.807, 2.05) is 0 Å². The molecule has 0 radical (unpaired) electrons. The van der Waals surface area contributed by atoms with Crippen LogP contribution in [0, 0.1) is 5.92 Å². The van der Waals surface area contributed by atoms with Crippen molar-refractivity contribution >= 4 is 0 Å². The third-order valence-electron chi connectivity index (χ3n) is 4.72. The highest BCUT2D eigenvalue weighted by molar-refractivity contribution is 4.68. The van der Waals surface area contributed by atoms with Crippen LogP contribution in [-0.2, 0) is 0 Å². The second-order valence-corrected chi connectivity index (χ2v) is 6.30. The molecule has 18 heavy (non-hydrogen) atoms. The van der Waals surface area contributed by atoms with Gasteiger partial charge in [0.1, 0.15) is 0 Å². The predicted molar refractivity (Wildman–Crippen MR) is 79.0 cm³/mol. The molecular weight excluding hydrogens is 220 g/mol. The Morgan fingerprint density at radius 1 is 0.833 bits per heavy atom. The monoisotopic (exact) mass is 252 g/mol. The van der Waals surface area contributed by atoms with Crippen molar-refractivity contribution in [2.45, 2.75) is 64.2 Å². The van der Waals surface area contributed by atoms with Crippen LogP contribution in [0.2, 0.25) is 0 Å². The van der Waals surface area contributed by atoms with Gasteiger partial charge in [0.2, 0.25) is 0 Å². The summed E-state index contributed by atoms with van der Waals surface area (Å²) >= 11 is 0. The summed E-state index contributed by atoms with van der Waals surface area (Å²) in [5.41, 5.74) is 0. The first-order valence-electron chi connectivity index (χ1n) is 8.38. The van der Waals surface area contributed by atoms with Gasteiger partial charge in [-0.3, -0.25) is 0 Å². The van der Waals surface area contributed by atoms with Crippen LogP contribution in [0.4, 0.5) is 0 Å². The van der Waals surface area contributed by atoms with Crippen molar-refractivity contribution in [1.82, 2.24) is 10.2 Å². The molecule has 0 unspecified atom stereocenters. The van der Waals surface area contributed by atoms with Gasteiger partial charge in [-0.05, 0) is 70.7 Å². The van der Waals surface area contributed by atoms with Crippen molar-refractivity contribution < 1.29 is 0 Å². The van der Waals surface area contributed by atoms with Crippen LogP contribution < -0.4 is 5.32 Å². The minimum Gasteiger partial charge on any atom is -0.317 e. The lowest BCUT2D eigenvalue weighted by Gasteiger charge is -2.26. The van der Waals surface area contributed by atoms with Crippen LogP contribution in [-0.4, -0.2) is 37.6 Å². The molecule has 1 aliphatic carbocycles. The molecule has 0 aromatic heterocycles. The topological polar surface area (TPSA) is 15.3 Å². The molecule has 0 aromatic carbocycles. The van der Waals surface area contributed by atoms with Crippen LogP contribution in [0.1, 0.15) is 64.2 Å². The maximum Gasteiger partial charge on any atom is -0.000664 e. The summed E-state index contributed by atoms with van der Waals surface area (Å²) < 4.78 is 0. The lowest BCUT2D eigenvalue weighted by Crippen LogP contribution is -2.32. The normalized spacial score (nSPS) is 22.7. The van der Waals surface area contributed by atoms with Gasteiger partial charge in [-0.1, -0.05) is 32.1 Å². The lowest BCUT2D eigenvalue weighted by atomic mass is 10.0. The first kappa shape index (κ1) is 14.3. The number of rotatable bonds is 8. The number of nitrogens with zero attached hydrogens (tertiary/aromatic N) is 1. The first-order chi connectivity index (χ1) is 8.95. The summed E-state index contributed by atoms with van der Waals surface area (Å²) in [6.07, 6.45) is 14.5. The number of hydrogen-bond acceptors (Lipinski definition) is 2. The lowest BCUT2D eigenvalue weighted by molar-refractivity contribution is 0.225.